The van der Waals surface area contributed by atoms with Gasteiger partial charge in [-0.2, -0.15) is 0 Å². The third-order valence-electron chi connectivity index (χ3n) is 4.47. The molecule has 0 aromatic heterocycles. The molecule has 1 heterocycles. The molecule has 2 unspecified atom stereocenters. The number of nitrogens with one attached hydrogen (secondary N) is 1. The number of hydrogen-bond donors (Lipinski definition) is 1. The quantitative estimate of drug-likeness (QED) is 0.629. The number of unbranched alkanes of at least 4 members (excludes halogenated alkanes) is 7. The molecule has 126 valence electrons. The highest BCUT2D eigenvalue weighted by molar-refractivity contribution is 5.60. The van der Waals surface area contributed by atoms with Gasteiger partial charge >= 0.3 is 0 Å². The summed E-state index contributed by atoms with van der Waals surface area (Å²) in [7, 11) is 0. The fourth-order valence-corrected chi connectivity index (χ4v) is 3.29. The van der Waals surface area contributed by atoms with Crippen molar-refractivity contribution >= 4 is 5.97 Å². The molecule has 0 amide bonds. The number of carbonyl (C=O) groups is 1. The van der Waals surface area contributed by atoms with Gasteiger partial charge in [-0.15, -0.1) is 0 Å². The minimum absolute atomic E-state index is 0.972. The van der Waals surface area contributed by atoms with Crippen molar-refractivity contribution in [1.82, 2.24) is 0 Å². The van der Waals surface area contributed by atoms with Gasteiger partial charge in [0.05, 0.1) is 19.1 Å². The van der Waals surface area contributed by atoms with Gasteiger partial charge in [-0.25, -0.2) is 0 Å². The standard InChI is InChI=1S/C16H33N.C2H4O2/c1-3-5-6-7-8-9-10-11-14-17-15-12-13-16(17)4-2;1-2(3)4/h16H,3-15H2,1-2H3;1H3,(H,3,4). The Morgan fingerprint density at radius 2 is 1.57 bits per heavy atom. The molecule has 1 N–H and O–H groups in total. The van der Waals surface area contributed by atoms with E-state index in [4.69, 9.17) is 9.90 Å². The van der Waals surface area contributed by atoms with Crippen molar-refractivity contribution in [3.8, 4) is 0 Å². The molecule has 21 heavy (non-hydrogen) atoms. The summed E-state index contributed by atoms with van der Waals surface area (Å²) in [5, 5.41) is 8.89. The largest absolute Gasteiger partial charge is 0.550 e. The van der Waals surface area contributed by atoms with Gasteiger partial charge in [-0.05, 0) is 26.2 Å². The van der Waals surface area contributed by atoms with Gasteiger partial charge in [0.25, 0.3) is 0 Å². The van der Waals surface area contributed by atoms with E-state index in [-0.39, 0.29) is 0 Å². The monoisotopic (exact) mass is 299 g/mol. The van der Waals surface area contributed by atoms with Crippen LogP contribution in [0.5, 0.6) is 0 Å². The van der Waals surface area contributed by atoms with Crippen LogP contribution in [0.4, 0.5) is 0 Å². The Hall–Kier alpha value is -0.570. The molecular weight excluding hydrogens is 262 g/mol. The van der Waals surface area contributed by atoms with E-state index < -0.39 is 5.97 Å². The highest BCUT2D eigenvalue weighted by atomic mass is 16.4. The lowest BCUT2D eigenvalue weighted by atomic mass is 10.1. The molecule has 0 spiro atoms. The molecule has 0 saturated carbocycles. The van der Waals surface area contributed by atoms with Crippen LogP contribution in [0.25, 0.3) is 0 Å². The second-order valence-corrected chi connectivity index (χ2v) is 6.37. The first-order valence-electron chi connectivity index (χ1n) is 9.13. The molecule has 0 aromatic rings. The normalized spacial score (nSPS) is 20.9. The summed E-state index contributed by atoms with van der Waals surface area (Å²) in [5.41, 5.74) is 0. The third kappa shape index (κ3) is 12.9. The van der Waals surface area contributed by atoms with Crippen LogP contribution in [0.2, 0.25) is 0 Å². The Balaban J connectivity index is 0.000000885. The van der Waals surface area contributed by atoms with Gasteiger partial charge in [-0.1, -0.05) is 52.4 Å². The minimum Gasteiger partial charge on any atom is -0.550 e. The predicted molar refractivity (Wildman–Crippen MR) is 87.3 cm³/mol. The van der Waals surface area contributed by atoms with E-state index >= 15 is 0 Å². The Morgan fingerprint density at radius 1 is 1.05 bits per heavy atom. The molecule has 0 bridgehead atoms. The summed E-state index contributed by atoms with van der Waals surface area (Å²) in [6.45, 7) is 8.54. The zero-order valence-corrected chi connectivity index (χ0v) is 14.6. The smallest absolute Gasteiger partial charge is 0.0874 e. The highest BCUT2D eigenvalue weighted by Crippen LogP contribution is 2.08. The first-order valence-corrected chi connectivity index (χ1v) is 9.13. The van der Waals surface area contributed by atoms with E-state index in [0.29, 0.717) is 0 Å². The van der Waals surface area contributed by atoms with E-state index in [1.807, 2.05) is 4.90 Å². The van der Waals surface area contributed by atoms with Crippen LogP contribution in [0.3, 0.4) is 0 Å². The Kier molecular flexibility index (Phi) is 14.0. The second-order valence-electron chi connectivity index (χ2n) is 6.37. The molecule has 3 nitrogen and oxygen atoms in total. The van der Waals surface area contributed by atoms with Crippen LogP contribution in [-0.4, -0.2) is 25.1 Å². The molecule has 1 rings (SSSR count). The van der Waals surface area contributed by atoms with Crippen molar-refractivity contribution in [3.05, 3.63) is 0 Å². The lowest BCUT2D eigenvalue weighted by Crippen LogP contribution is -3.13. The van der Waals surface area contributed by atoms with Crippen LogP contribution < -0.4 is 10.0 Å². The Morgan fingerprint density at radius 3 is 2.10 bits per heavy atom. The predicted octanol–water partition coefficient (Wildman–Crippen LogP) is 2.34. The average molecular weight is 299 g/mol. The van der Waals surface area contributed by atoms with Crippen LogP contribution in [-0.2, 0) is 4.79 Å². The molecule has 2 atom stereocenters. The average Bonchev–Trinajstić information content (AvgIpc) is 2.88. The van der Waals surface area contributed by atoms with Gasteiger partial charge in [0.1, 0.15) is 0 Å². The van der Waals surface area contributed by atoms with Gasteiger partial charge in [0.2, 0.25) is 0 Å². The number of aliphatic carboxylic acids is 1. The molecule has 0 aliphatic carbocycles. The zero-order chi connectivity index (χ0) is 15.9. The van der Waals surface area contributed by atoms with Crippen molar-refractivity contribution < 1.29 is 14.8 Å². The number of rotatable bonds is 10. The van der Waals surface area contributed by atoms with Crippen molar-refractivity contribution in [1.29, 1.82) is 0 Å². The summed E-state index contributed by atoms with van der Waals surface area (Å²) >= 11 is 0. The van der Waals surface area contributed by atoms with E-state index in [9.17, 15) is 0 Å². The van der Waals surface area contributed by atoms with E-state index in [0.717, 1.165) is 13.0 Å². The SMILES string of the molecule is CC(=O)[O-].CCCCCCCCCC[NH+]1CCCC1CC. The molecule has 3 heteroatoms. The van der Waals surface area contributed by atoms with Crippen molar-refractivity contribution in [2.75, 3.05) is 13.1 Å². The lowest BCUT2D eigenvalue weighted by molar-refractivity contribution is -0.912. The fraction of sp³-hybridized carbons (Fsp3) is 0.944. The maximum Gasteiger partial charge on any atom is 0.0874 e. The van der Waals surface area contributed by atoms with Gasteiger partial charge in [0.15, 0.2) is 0 Å². The van der Waals surface area contributed by atoms with Crippen LogP contribution in [0.15, 0.2) is 0 Å². The number of carbonyl (C=O) groups excluding carboxylic acids is 1. The van der Waals surface area contributed by atoms with E-state index in [1.54, 1.807) is 0 Å². The fourth-order valence-electron chi connectivity index (χ4n) is 3.29. The van der Waals surface area contributed by atoms with Crippen molar-refractivity contribution in [2.45, 2.75) is 97.4 Å². The maximum absolute atomic E-state index is 8.89. The molecule has 1 aliphatic heterocycles. The van der Waals surface area contributed by atoms with Gasteiger partial charge < -0.3 is 14.8 Å². The first kappa shape index (κ1) is 20.4. The number of carboxylic acids is 1. The summed E-state index contributed by atoms with van der Waals surface area (Å²) in [6.07, 6.45) is 16.0. The molecule has 1 saturated heterocycles. The van der Waals surface area contributed by atoms with Gasteiger partial charge in [-0.3, -0.25) is 0 Å². The van der Waals surface area contributed by atoms with Gasteiger partial charge in [0, 0.05) is 18.8 Å². The van der Waals surface area contributed by atoms with E-state index in [2.05, 4.69) is 13.8 Å². The number of hydrogen-bond acceptors (Lipinski definition) is 2. The number of quaternary nitrogens is 1. The van der Waals surface area contributed by atoms with Crippen LogP contribution in [0, 0.1) is 0 Å². The minimum atomic E-state index is -1.08. The lowest BCUT2D eigenvalue weighted by Gasteiger charge is -2.20. The maximum atomic E-state index is 8.89. The summed E-state index contributed by atoms with van der Waals surface area (Å²) in [6, 6.07) is 1.000. The number of likely N-dealkylation sites (tertiary alicyclic amines) is 1. The van der Waals surface area contributed by atoms with Crippen LogP contribution in [0.1, 0.15) is 91.4 Å². The summed E-state index contributed by atoms with van der Waals surface area (Å²) in [4.78, 5) is 10.8. The van der Waals surface area contributed by atoms with Crippen molar-refractivity contribution in [2.24, 2.45) is 0 Å². The molecule has 0 aromatic carbocycles. The second kappa shape index (κ2) is 14.4. The summed E-state index contributed by atoms with van der Waals surface area (Å²) in [5.74, 6) is -1.08. The molecule has 1 aliphatic rings. The number of carboxylic acid groups (broad SMARTS) is 1. The Labute approximate surface area is 132 Å². The zero-order valence-electron chi connectivity index (χ0n) is 14.6. The highest BCUT2D eigenvalue weighted by Gasteiger charge is 2.25. The topological polar surface area (TPSA) is 44.6 Å². The van der Waals surface area contributed by atoms with Crippen molar-refractivity contribution in [3.63, 3.8) is 0 Å². The molecular formula is C18H37NO2. The third-order valence-corrected chi connectivity index (χ3v) is 4.47. The Bertz CT molecular complexity index is 239. The molecule has 0 radical (unpaired) electrons. The molecule has 1 fully saturated rings. The van der Waals surface area contributed by atoms with E-state index in [1.165, 1.54) is 83.7 Å². The van der Waals surface area contributed by atoms with Crippen LogP contribution >= 0.6 is 0 Å². The summed E-state index contributed by atoms with van der Waals surface area (Å²) < 4.78 is 0. The first-order chi connectivity index (χ1) is 10.1.